The first-order valence-electron chi connectivity index (χ1n) is 7.17. The average molecular weight is 288 g/mol. The fourth-order valence-corrected chi connectivity index (χ4v) is 2.87. The maximum Gasteiger partial charge on any atom is 0.252 e. The van der Waals surface area contributed by atoms with E-state index >= 15 is 0 Å². The first-order chi connectivity index (χ1) is 10.1. The smallest absolute Gasteiger partial charge is 0.252 e. The molecule has 0 aromatic carbocycles. The number of nitrogens with one attached hydrogen (secondary N) is 1. The molecule has 2 aromatic heterocycles. The summed E-state index contributed by atoms with van der Waals surface area (Å²) in [4.78, 5) is 20.6. The predicted octanol–water partition coefficient (Wildman–Crippen LogP) is 0.118. The van der Waals surface area contributed by atoms with Crippen LogP contribution in [0.4, 0.5) is 5.95 Å². The third-order valence-corrected chi connectivity index (χ3v) is 3.95. The van der Waals surface area contributed by atoms with Crippen molar-refractivity contribution in [2.45, 2.75) is 18.8 Å². The van der Waals surface area contributed by atoms with Gasteiger partial charge in [-0.15, -0.1) is 0 Å². The number of aryl methyl sites for hydroxylation is 1. The third-order valence-electron chi connectivity index (χ3n) is 3.95. The van der Waals surface area contributed by atoms with Crippen LogP contribution in [0.25, 0.3) is 0 Å². The summed E-state index contributed by atoms with van der Waals surface area (Å²) in [6.45, 7) is 2.95. The Hall–Kier alpha value is -2.15. The lowest BCUT2D eigenvalue weighted by Gasteiger charge is -2.15. The predicted molar refractivity (Wildman–Crippen MR) is 80.0 cm³/mol. The summed E-state index contributed by atoms with van der Waals surface area (Å²) in [5.41, 5.74) is 7.49. The van der Waals surface area contributed by atoms with Crippen molar-refractivity contribution < 1.29 is 0 Å². The van der Waals surface area contributed by atoms with E-state index in [2.05, 4.69) is 20.0 Å². The van der Waals surface area contributed by atoms with Crippen molar-refractivity contribution in [3.8, 4) is 0 Å². The van der Waals surface area contributed by atoms with Gasteiger partial charge in [0.1, 0.15) is 0 Å². The van der Waals surface area contributed by atoms with E-state index in [9.17, 15) is 4.79 Å². The van der Waals surface area contributed by atoms with Crippen molar-refractivity contribution in [3.05, 3.63) is 40.1 Å². The first-order valence-corrected chi connectivity index (χ1v) is 7.17. The van der Waals surface area contributed by atoms with Crippen molar-refractivity contribution in [2.24, 2.45) is 7.05 Å². The first kappa shape index (κ1) is 13.8. The number of nitrogens with two attached hydrogens (primary N) is 1. The number of anilines is 1. The number of nitrogen functional groups attached to an aromatic ring is 1. The Balaban J connectivity index is 1.58. The number of rotatable bonds is 4. The molecule has 3 rings (SSSR count). The van der Waals surface area contributed by atoms with Crippen molar-refractivity contribution in [1.82, 2.24) is 24.6 Å². The Morgan fingerprint density at radius 3 is 3.10 bits per heavy atom. The van der Waals surface area contributed by atoms with Gasteiger partial charge >= 0.3 is 0 Å². The highest BCUT2D eigenvalue weighted by atomic mass is 16.1. The summed E-state index contributed by atoms with van der Waals surface area (Å²) >= 11 is 0. The topological polar surface area (TPSA) is 92.8 Å². The highest BCUT2D eigenvalue weighted by Crippen LogP contribution is 2.25. The molecule has 1 aliphatic rings. The summed E-state index contributed by atoms with van der Waals surface area (Å²) in [6, 6.07) is 1.56. The van der Waals surface area contributed by atoms with Crippen molar-refractivity contribution >= 4 is 5.95 Å². The van der Waals surface area contributed by atoms with Crippen LogP contribution in [0, 0.1) is 0 Å². The van der Waals surface area contributed by atoms with Gasteiger partial charge in [-0.3, -0.25) is 14.5 Å². The van der Waals surface area contributed by atoms with Gasteiger partial charge in [-0.2, -0.15) is 5.10 Å². The number of likely N-dealkylation sites (tertiary alicyclic amines) is 1. The van der Waals surface area contributed by atoms with Crippen LogP contribution in [-0.4, -0.2) is 44.3 Å². The molecule has 0 bridgehead atoms. The van der Waals surface area contributed by atoms with E-state index in [1.165, 1.54) is 5.56 Å². The van der Waals surface area contributed by atoms with Gasteiger partial charge in [0.05, 0.1) is 11.9 Å². The molecule has 0 radical (unpaired) electrons. The standard InChI is InChI=1S/C14H20N6O/c1-19-8-10(7-16-19)2-4-20-5-3-11(9-20)12-6-13(21)18-14(15)17-12/h6-8,11H,2-5,9H2,1H3,(H3,15,17,18,21). The van der Waals surface area contributed by atoms with Crippen molar-refractivity contribution in [1.29, 1.82) is 0 Å². The van der Waals surface area contributed by atoms with Crippen LogP contribution in [0.2, 0.25) is 0 Å². The minimum Gasteiger partial charge on any atom is -0.369 e. The molecule has 7 nitrogen and oxygen atoms in total. The number of hydrogen-bond acceptors (Lipinski definition) is 5. The summed E-state index contributed by atoms with van der Waals surface area (Å²) in [5.74, 6) is 0.495. The monoisotopic (exact) mass is 288 g/mol. The zero-order valence-corrected chi connectivity index (χ0v) is 12.1. The van der Waals surface area contributed by atoms with Gasteiger partial charge in [-0.25, -0.2) is 4.98 Å². The Kier molecular flexibility index (Phi) is 3.74. The molecule has 112 valence electrons. The molecule has 7 heteroatoms. The lowest BCUT2D eigenvalue weighted by atomic mass is 10.1. The molecule has 3 heterocycles. The molecule has 0 spiro atoms. The van der Waals surface area contributed by atoms with Crippen LogP contribution in [-0.2, 0) is 13.5 Å². The maximum atomic E-state index is 11.5. The van der Waals surface area contributed by atoms with Crippen molar-refractivity contribution in [3.63, 3.8) is 0 Å². The Labute approximate surface area is 122 Å². The van der Waals surface area contributed by atoms with E-state index in [1.807, 2.05) is 24.1 Å². The number of hydrogen-bond donors (Lipinski definition) is 2. The Morgan fingerprint density at radius 1 is 1.52 bits per heavy atom. The molecule has 1 atom stereocenters. The molecular formula is C14H20N6O. The lowest BCUT2D eigenvalue weighted by Crippen LogP contribution is -2.23. The van der Waals surface area contributed by atoms with Crippen molar-refractivity contribution in [2.75, 3.05) is 25.4 Å². The Bertz CT molecular complexity index is 676. The molecule has 21 heavy (non-hydrogen) atoms. The van der Waals surface area contributed by atoms with E-state index < -0.39 is 0 Å². The van der Waals surface area contributed by atoms with E-state index in [0.29, 0.717) is 5.92 Å². The van der Waals surface area contributed by atoms with E-state index in [-0.39, 0.29) is 11.5 Å². The average Bonchev–Trinajstić information content (AvgIpc) is 3.04. The quantitative estimate of drug-likeness (QED) is 0.833. The zero-order valence-electron chi connectivity index (χ0n) is 12.1. The maximum absolute atomic E-state index is 11.5. The van der Waals surface area contributed by atoms with Crippen LogP contribution in [0.3, 0.4) is 0 Å². The number of H-pyrrole nitrogens is 1. The molecule has 2 aromatic rings. The molecule has 3 N–H and O–H groups in total. The molecular weight excluding hydrogens is 268 g/mol. The van der Waals surface area contributed by atoms with E-state index in [1.54, 1.807) is 6.07 Å². The van der Waals surface area contributed by atoms with E-state index in [4.69, 9.17) is 5.73 Å². The third kappa shape index (κ3) is 3.30. The molecule has 1 saturated heterocycles. The Morgan fingerprint density at radius 2 is 2.38 bits per heavy atom. The SMILES string of the molecule is Cn1cc(CCN2CCC(c3cc(=O)[nH]c(N)n3)C2)cn1. The second kappa shape index (κ2) is 5.69. The van der Waals surface area contributed by atoms with Gasteiger partial charge in [-0.1, -0.05) is 0 Å². The molecule has 1 fully saturated rings. The zero-order chi connectivity index (χ0) is 14.8. The summed E-state index contributed by atoms with van der Waals surface area (Å²) in [6.07, 6.45) is 5.97. The molecule has 0 amide bonds. The van der Waals surface area contributed by atoms with Gasteiger partial charge in [0.15, 0.2) is 0 Å². The minimum atomic E-state index is -0.175. The highest BCUT2D eigenvalue weighted by molar-refractivity contribution is 5.21. The number of aromatic amines is 1. The summed E-state index contributed by atoms with van der Waals surface area (Å²) in [7, 11) is 1.93. The molecule has 0 saturated carbocycles. The van der Waals surface area contributed by atoms with Gasteiger partial charge in [-0.05, 0) is 24.9 Å². The second-order valence-electron chi connectivity index (χ2n) is 5.61. The van der Waals surface area contributed by atoms with Gasteiger partial charge in [0.25, 0.3) is 5.56 Å². The lowest BCUT2D eigenvalue weighted by molar-refractivity contribution is 0.338. The van der Waals surface area contributed by atoms with Crippen LogP contribution < -0.4 is 11.3 Å². The fourth-order valence-electron chi connectivity index (χ4n) is 2.87. The number of nitrogens with zero attached hydrogens (tertiary/aromatic N) is 4. The fraction of sp³-hybridized carbons (Fsp3) is 0.500. The summed E-state index contributed by atoms with van der Waals surface area (Å²) < 4.78 is 1.82. The van der Waals surface area contributed by atoms with Gasteiger partial charge in [0.2, 0.25) is 5.95 Å². The minimum absolute atomic E-state index is 0.175. The van der Waals surface area contributed by atoms with Gasteiger partial charge in [0, 0.05) is 38.3 Å². The largest absolute Gasteiger partial charge is 0.369 e. The van der Waals surface area contributed by atoms with Gasteiger partial charge < -0.3 is 10.6 Å². The summed E-state index contributed by atoms with van der Waals surface area (Å²) in [5, 5.41) is 4.18. The number of aromatic nitrogens is 4. The van der Waals surface area contributed by atoms with Crippen LogP contribution in [0.1, 0.15) is 23.6 Å². The molecule has 1 unspecified atom stereocenters. The van der Waals surface area contributed by atoms with Crippen LogP contribution in [0.5, 0.6) is 0 Å². The second-order valence-corrected chi connectivity index (χ2v) is 5.61. The molecule has 1 aliphatic heterocycles. The van der Waals surface area contributed by atoms with E-state index in [0.717, 1.165) is 38.2 Å². The van der Waals surface area contributed by atoms with Crippen LogP contribution >= 0.6 is 0 Å². The van der Waals surface area contributed by atoms with Crippen LogP contribution in [0.15, 0.2) is 23.3 Å². The highest BCUT2D eigenvalue weighted by Gasteiger charge is 2.25. The normalized spacial score (nSPS) is 19.2. The molecule has 0 aliphatic carbocycles.